The molecule has 0 bridgehead atoms. The van der Waals surface area contributed by atoms with Crippen LogP contribution < -0.4 is 16.4 Å². The van der Waals surface area contributed by atoms with E-state index >= 15 is 0 Å². The van der Waals surface area contributed by atoms with Gasteiger partial charge in [-0.2, -0.15) is 0 Å². The highest BCUT2D eigenvalue weighted by molar-refractivity contribution is 7.15. The molecule has 2 heterocycles. The van der Waals surface area contributed by atoms with Gasteiger partial charge in [-0.15, -0.1) is 0 Å². The van der Waals surface area contributed by atoms with E-state index in [4.69, 9.17) is 10.5 Å². The largest absolute Gasteiger partial charge is 0.375 e. The Labute approximate surface area is 130 Å². The number of thiazole rings is 1. The van der Waals surface area contributed by atoms with Gasteiger partial charge in [0.2, 0.25) is 0 Å². The van der Waals surface area contributed by atoms with Gasteiger partial charge in [0, 0.05) is 17.7 Å². The fourth-order valence-electron chi connectivity index (χ4n) is 2.13. The van der Waals surface area contributed by atoms with E-state index in [9.17, 15) is 9.59 Å². The van der Waals surface area contributed by atoms with Gasteiger partial charge in [-0.05, 0) is 18.2 Å². The highest BCUT2D eigenvalue weighted by Crippen LogP contribution is 2.27. The molecule has 7 nitrogen and oxygen atoms in total. The zero-order chi connectivity index (χ0) is 15.5. The summed E-state index contributed by atoms with van der Waals surface area (Å²) < 4.78 is 5.36. The molecule has 0 fully saturated rings. The van der Waals surface area contributed by atoms with E-state index in [1.807, 2.05) is 0 Å². The number of amides is 3. The summed E-state index contributed by atoms with van der Waals surface area (Å²) in [5.74, 6) is -0.292. The average Bonchev–Trinajstić information content (AvgIpc) is 2.89. The molecule has 1 aromatic heterocycles. The summed E-state index contributed by atoms with van der Waals surface area (Å²) in [6.07, 6.45) is 0.764. The Balaban J connectivity index is 1.74. The molecule has 1 aromatic carbocycles. The Morgan fingerprint density at radius 2 is 2.18 bits per heavy atom. The van der Waals surface area contributed by atoms with Crippen molar-refractivity contribution in [3.63, 3.8) is 0 Å². The van der Waals surface area contributed by atoms with Crippen molar-refractivity contribution < 1.29 is 14.3 Å². The lowest BCUT2D eigenvalue weighted by molar-refractivity contribution is 0.102. The summed E-state index contributed by atoms with van der Waals surface area (Å²) in [4.78, 5) is 28.5. The third-order valence-electron chi connectivity index (χ3n) is 3.11. The fraction of sp³-hybridized carbons (Fsp3) is 0.214. The van der Waals surface area contributed by atoms with Gasteiger partial charge in [-0.3, -0.25) is 10.1 Å². The Hall–Kier alpha value is -2.45. The molecule has 0 aliphatic carbocycles. The molecule has 1 aliphatic heterocycles. The van der Waals surface area contributed by atoms with Crippen molar-refractivity contribution in [2.24, 2.45) is 5.73 Å². The third-order valence-corrected chi connectivity index (χ3v) is 4.09. The Bertz CT molecular complexity index is 705. The molecule has 8 heteroatoms. The molecule has 0 atom stereocenters. The van der Waals surface area contributed by atoms with Gasteiger partial charge in [0.25, 0.3) is 5.91 Å². The molecule has 1 aliphatic rings. The van der Waals surface area contributed by atoms with E-state index in [1.165, 1.54) is 11.3 Å². The zero-order valence-electron chi connectivity index (χ0n) is 11.6. The predicted molar refractivity (Wildman–Crippen MR) is 83.1 cm³/mol. The number of aromatic nitrogens is 1. The topological polar surface area (TPSA) is 106 Å². The molecule has 3 rings (SSSR count). The van der Waals surface area contributed by atoms with Crippen molar-refractivity contribution in [3.05, 3.63) is 40.4 Å². The molecule has 3 amide bonds. The number of hydrogen-bond acceptors (Lipinski definition) is 5. The SMILES string of the molecule is NC(=O)Nc1cccc(C(=O)Nc2nc3c(s2)COCC3)c1. The van der Waals surface area contributed by atoms with Crippen LogP contribution in [0.2, 0.25) is 0 Å². The molecule has 114 valence electrons. The average molecular weight is 318 g/mol. The number of nitrogens with zero attached hydrogens (tertiary/aromatic N) is 1. The molecule has 2 aromatic rings. The number of carbonyl (C=O) groups excluding carboxylic acids is 2. The van der Waals surface area contributed by atoms with Crippen molar-refractivity contribution >= 4 is 34.1 Å². The molecular weight excluding hydrogens is 304 g/mol. The van der Waals surface area contributed by atoms with E-state index in [0.717, 1.165) is 17.0 Å². The number of ether oxygens (including phenoxy) is 1. The first-order chi connectivity index (χ1) is 10.6. The molecular formula is C14H14N4O3S. The van der Waals surface area contributed by atoms with Gasteiger partial charge >= 0.3 is 6.03 Å². The first kappa shape index (κ1) is 14.5. The summed E-state index contributed by atoms with van der Waals surface area (Å²) in [6.45, 7) is 1.20. The smallest absolute Gasteiger partial charge is 0.316 e. The first-order valence-corrected chi connectivity index (χ1v) is 7.47. The monoisotopic (exact) mass is 318 g/mol. The number of primary amides is 1. The highest BCUT2D eigenvalue weighted by atomic mass is 32.1. The first-order valence-electron chi connectivity index (χ1n) is 6.66. The van der Waals surface area contributed by atoms with E-state index in [2.05, 4.69) is 15.6 Å². The van der Waals surface area contributed by atoms with E-state index in [0.29, 0.717) is 29.6 Å². The molecule has 0 unspecified atom stereocenters. The van der Waals surface area contributed by atoms with Crippen molar-refractivity contribution in [1.29, 1.82) is 0 Å². The summed E-state index contributed by atoms with van der Waals surface area (Å²) >= 11 is 1.42. The Kier molecular flexibility index (Phi) is 4.03. The lowest BCUT2D eigenvalue weighted by atomic mass is 10.2. The van der Waals surface area contributed by atoms with Crippen molar-refractivity contribution in [3.8, 4) is 0 Å². The van der Waals surface area contributed by atoms with Crippen molar-refractivity contribution in [2.75, 3.05) is 17.2 Å². The standard InChI is InChI=1S/C14H14N4O3S/c15-13(20)16-9-3-1-2-8(6-9)12(19)18-14-17-10-4-5-21-7-11(10)22-14/h1-3,6H,4-5,7H2,(H3,15,16,20)(H,17,18,19). The number of nitrogens with one attached hydrogen (secondary N) is 2. The maximum absolute atomic E-state index is 12.2. The van der Waals surface area contributed by atoms with Gasteiger partial charge < -0.3 is 15.8 Å². The van der Waals surface area contributed by atoms with Crippen LogP contribution in [-0.4, -0.2) is 23.5 Å². The second kappa shape index (κ2) is 6.12. The number of hydrogen-bond donors (Lipinski definition) is 3. The van der Waals surface area contributed by atoms with Crippen LogP contribution in [0.3, 0.4) is 0 Å². The molecule has 0 spiro atoms. The minimum atomic E-state index is -0.676. The van der Waals surface area contributed by atoms with Crippen LogP contribution in [0.4, 0.5) is 15.6 Å². The lowest BCUT2D eigenvalue weighted by Crippen LogP contribution is -2.19. The summed E-state index contributed by atoms with van der Waals surface area (Å²) in [5, 5.41) is 5.75. The van der Waals surface area contributed by atoms with Gasteiger partial charge in [-0.25, -0.2) is 9.78 Å². The fourth-order valence-corrected chi connectivity index (χ4v) is 3.07. The highest BCUT2D eigenvalue weighted by Gasteiger charge is 2.17. The van der Waals surface area contributed by atoms with E-state index < -0.39 is 6.03 Å². The Morgan fingerprint density at radius 1 is 1.32 bits per heavy atom. The number of benzene rings is 1. The zero-order valence-corrected chi connectivity index (χ0v) is 12.4. The number of carbonyl (C=O) groups is 2. The van der Waals surface area contributed by atoms with Crippen LogP contribution in [0, 0.1) is 0 Å². The van der Waals surface area contributed by atoms with Crippen LogP contribution in [0.1, 0.15) is 20.9 Å². The normalized spacial score (nSPS) is 13.3. The molecule has 4 N–H and O–H groups in total. The third kappa shape index (κ3) is 3.23. The van der Waals surface area contributed by atoms with Crippen LogP contribution in [0.25, 0.3) is 0 Å². The van der Waals surface area contributed by atoms with Gasteiger partial charge in [0.15, 0.2) is 5.13 Å². The van der Waals surface area contributed by atoms with E-state index in [1.54, 1.807) is 24.3 Å². The molecule has 0 saturated heterocycles. The lowest BCUT2D eigenvalue weighted by Gasteiger charge is -2.08. The number of rotatable bonds is 3. The molecule has 22 heavy (non-hydrogen) atoms. The summed E-state index contributed by atoms with van der Waals surface area (Å²) in [7, 11) is 0. The van der Waals surface area contributed by atoms with Crippen LogP contribution in [0.5, 0.6) is 0 Å². The van der Waals surface area contributed by atoms with Crippen molar-refractivity contribution in [2.45, 2.75) is 13.0 Å². The van der Waals surface area contributed by atoms with E-state index in [-0.39, 0.29) is 5.91 Å². The quantitative estimate of drug-likeness (QED) is 0.804. The van der Waals surface area contributed by atoms with Crippen LogP contribution >= 0.6 is 11.3 Å². The van der Waals surface area contributed by atoms with Gasteiger partial charge in [0.1, 0.15) is 0 Å². The number of nitrogens with two attached hydrogens (primary N) is 1. The van der Waals surface area contributed by atoms with Crippen LogP contribution in [-0.2, 0) is 17.8 Å². The minimum Gasteiger partial charge on any atom is -0.375 e. The molecule has 0 saturated carbocycles. The maximum Gasteiger partial charge on any atom is 0.316 e. The number of anilines is 2. The van der Waals surface area contributed by atoms with Gasteiger partial charge in [-0.1, -0.05) is 17.4 Å². The maximum atomic E-state index is 12.2. The minimum absolute atomic E-state index is 0.292. The predicted octanol–water partition coefficient (Wildman–Crippen LogP) is 1.96. The second-order valence-corrected chi connectivity index (χ2v) is 5.80. The number of urea groups is 1. The Morgan fingerprint density at radius 3 is 2.95 bits per heavy atom. The second-order valence-electron chi connectivity index (χ2n) is 4.72. The summed E-state index contributed by atoms with van der Waals surface area (Å²) in [5.41, 5.74) is 6.92. The summed E-state index contributed by atoms with van der Waals surface area (Å²) in [6, 6.07) is 5.85. The molecule has 0 radical (unpaired) electrons. The number of fused-ring (bicyclic) bond motifs is 1. The van der Waals surface area contributed by atoms with Crippen molar-refractivity contribution in [1.82, 2.24) is 4.98 Å². The van der Waals surface area contributed by atoms with Gasteiger partial charge in [0.05, 0.1) is 23.8 Å². The van der Waals surface area contributed by atoms with Crippen LogP contribution in [0.15, 0.2) is 24.3 Å².